The van der Waals surface area contributed by atoms with Crippen LogP contribution in [-0.4, -0.2) is 0 Å². The van der Waals surface area contributed by atoms with Gasteiger partial charge in [-0.15, -0.1) is 0 Å². The van der Waals surface area contributed by atoms with Gasteiger partial charge in [0.1, 0.15) is 0 Å². The molecule has 0 aromatic rings. The average Bonchev–Trinajstić information content (AvgIpc) is 2.36. The molecule has 0 nitrogen and oxygen atoms in total. The maximum Gasteiger partial charge on any atom is -0.0383 e. The van der Waals surface area contributed by atoms with Crippen molar-refractivity contribution in [3.05, 3.63) is 0 Å². The van der Waals surface area contributed by atoms with Crippen molar-refractivity contribution in [2.45, 2.75) is 38.5 Å². The number of fused-ring (bicyclic) bond motifs is 1. The van der Waals surface area contributed by atoms with Gasteiger partial charge < -0.3 is 0 Å². The van der Waals surface area contributed by atoms with Crippen LogP contribution in [0.2, 0.25) is 0 Å². The molecule has 0 spiro atoms. The monoisotopic (exact) mass is 110 g/mol. The zero-order valence-corrected chi connectivity index (χ0v) is 5.40. The van der Waals surface area contributed by atoms with Crippen LogP contribution >= 0.6 is 0 Å². The van der Waals surface area contributed by atoms with Crippen molar-refractivity contribution in [2.24, 2.45) is 11.8 Å². The Balaban J connectivity index is 1.89. The highest BCUT2D eigenvalue weighted by molar-refractivity contribution is 4.87. The van der Waals surface area contributed by atoms with E-state index in [0.29, 0.717) is 0 Å². The van der Waals surface area contributed by atoms with Crippen molar-refractivity contribution in [1.82, 2.24) is 0 Å². The van der Waals surface area contributed by atoms with Gasteiger partial charge in [0.25, 0.3) is 0 Å². The molecule has 0 aliphatic heterocycles. The average molecular weight is 110 g/mol. The second kappa shape index (κ2) is 1.75. The van der Waals surface area contributed by atoms with E-state index in [9.17, 15) is 0 Å². The summed E-state index contributed by atoms with van der Waals surface area (Å²) < 4.78 is 0. The summed E-state index contributed by atoms with van der Waals surface area (Å²) in [6, 6.07) is 0. The van der Waals surface area contributed by atoms with Crippen LogP contribution in [0.5, 0.6) is 0 Å². The quantitative estimate of drug-likeness (QED) is 0.449. The lowest BCUT2D eigenvalue weighted by molar-refractivity contribution is 0.644. The molecule has 0 unspecified atom stereocenters. The van der Waals surface area contributed by atoms with Crippen molar-refractivity contribution >= 4 is 0 Å². The van der Waals surface area contributed by atoms with Crippen LogP contribution in [0, 0.1) is 11.8 Å². The van der Waals surface area contributed by atoms with E-state index < -0.39 is 0 Å². The highest BCUT2D eigenvalue weighted by Gasteiger charge is 2.36. The molecule has 2 aliphatic rings. The molecule has 2 atom stereocenters. The highest BCUT2D eigenvalue weighted by Crippen LogP contribution is 2.47. The Morgan fingerprint density at radius 1 is 0.750 bits per heavy atom. The summed E-state index contributed by atoms with van der Waals surface area (Å²) >= 11 is 0. The third-order valence-electron chi connectivity index (χ3n) is 2.72. The Hall–Kier alpha value is 0. The lowest BCUT2D eigenvalue weighted by atomic mass is 10.2. The van der Waals surface area contributed by atoms with E-state index >= 15 is 0 Å². The molecule has 0 heteroatoms. The summed E-state index contributed by atoms with van der Waals surface area (Å²) in [6.07, 6.45) is 9.28. The van der Waals surface area contributed by atoms with Gasteiger partial charge in [-0.25, -0.2) is 0 Å². The SMILES string of the molecule is C1CC[C@@H]2C[C@H]2CC1. The second-order valence-electron chi connectivity index (χ2n) is 3.39. The van der Waals surface area contributed by atoms with Crippen LogP contribution < -0.4 is 0 Å². The van der Waals surface area contributed by atoms with E-state index in [4.69, 9.17) is 0 Å². The van der Waals surface area contributed by atoms with E-state index in [2.05, 4.69) is 0 Å². The maximum absolute atomic E-state index is 1.58. The summed E-state index contributed by atoms with van der Waals surface area (Å²) in [6.45, 7) is 0. The largest absolute Gasteiger partial charge is 0.0533 e. The van der Waals surface area contributed by atoms with Gasteiger partial charge in [-0.3, -0.25) is 0 Å². The van der Waals surface area contributed by atoms with Crippen LogP contribution in [0.25, 0.3) is 0 Å². The lowest BCUT2D eigenvalue weighted by Gasteiger charge is -1.90. The maximum atomic E-state index is 1.58. The van der Waals surface area contributed by atoms with Crippen LogP contribution in [-0.2, 0) is 0 Å². The molecule has 2 fully saturated rings. The summed E-state index contributed by atoms with van der Waals surface area (Å²) in [7, 11) is 0. The zero-order chi connectivity index (χ0) is 5.40. The van der Waals surface area contributed by atoms with Crippen molar-refractivity contribution < 1.29 is 0 Å². The molecule has 0 saturated heterocycles. The van der Waals surface area contributed by atoms with E-state index in [1.54, 1.807) is 19.3 Å². The minimum atomic E-state index is 1.19. The standard InChI is InChI=1S/C8H14/c1-2-4-7-6-8(7)5-3-1/h7-8H,1-6H2/t7-,8-/m1/s1. The molecule has 0 radical (unpaired) electrons. The minimum Gasteiger partial charge on any atom is -0.0533 e. The molecule has 0 heterocycles. The van der Waals surface area contributed by atoms with Gasteiger partial charge in [-0.1, -0.05) is 32.1 Å². The zero-order valence-electron chi connectivity index (χ0n) is 5.40. The molecule has 2 aliphatic carbocycles. The Bertz CT molecular complexity index is 76.0. The number of hydrogen-bond donors (Lipinski definition) is 0. The fraction of sp³-hybridized carbons (Fsp3) is 1.00. The first kappa shape index (κ1) is 4.84. The molecule has 0 amide bonds. The molecule has 8 heavy (non-hydrogen) atoms. The normalized spacial score (nSPS) is 45.0. The first-order valence-electron chi connectivity index (χ1n) is 3.97. The second-order valence-corrected chi connectivity index (χ2v) is 3.39. The fourth-order valence-corrected chi connectivity index (χ4v) is 2.01. The number of rotatable bonds is 0. The topological polar surface area (TPSA) is 0 Å². The van der Waals surface area contributed by atoms with Crippen molar-refractivity contribution in [3.63, 3.8) is 0 Å². The first-order valence-corrected chi connectivity index (χ1v) is 3.97. The van der Waals surface area contributed by atoms with E-state index in [1.807, 2.05) is 0 Å². The Morgan fingerprint density at radius 3 is 2.00 bits per heavy atom. The van der Waals surface area contributed by atoms with Gasteiger partial charge in [-0.2, -0.15) is 0 Å². The van der Waals surface area contributed by atoms with Gasteiger partial charge in [0.15, 0.2) is 0 Å². The summed E-state index contributed by atoms with van der Waals surface area (Å²) in [5.74, 6) is 2.38. The minimum absolute atomic E-state index is 1.19. The molecule has 0 aromatic carbocycles. The summed E-state index contributed by atoms with van der Waals surface area (Å²) in [4.78, 5) is 0. The van der Waals surface area contributed by atoms with Crippen molar-refractivity contribution in [3.8, 4) is 0 Å². The first-order chi connectivity index (χ1) is 3.97. The predicted molar refractivity (Wildman–Crippen MR) is 34.7 cm³/mol. The van der Waals surface area contributed by atoms with Gasteiger partial charge in [-0.05, 0) is 18.3 Å². The number of hydrogen-bond acceptors (Lipinski definition) is 0. The van der Waals surface area contributed by atoms with Gasteiger partial charge in [0.05, 0.1) is 0 Å². The van der Waals surface area contributed by atoms with Crippen molar-refractivity contribution in [2.75, 3.05) is 0 Å². The summed E-state index contributed by atoms with van der Waals surface area (Å²) in [5, 5.41) is 0. The van der Waals surface area contributed by atoms with Gasteiger partial charge >= 0.3 is 0 Å². The Kier molecular flexibility index (Phi) is 1.06. The smallest absolute Gasteiger partial charge is 0.0383 e. The van der Waals surface area contributed by atoms with Crippen LogP contribution in [0.15, 0.2) is 0 Å². The Morgan fingerprint density at radius 2 is 1.38 bits per heavy atom. The molecule has 0 bridgehead atoms. The highest BCUT2D eigenvalue weighted by atomic mass is 14.4. The van der Waals surface area contributed by atoms with Crippen molar-refractivity contribution in [1.29, 1.82) is 0 Å². The molecular formula is C8H14. The third-order valence-corrected chi connectivity index (χ3v) is 2.72. The summed E-state index contributed by atoms with van der Waals surface area (Å²) in [5.41, 5.74) is 0. The van der Waals surface area contributed by atoms with Crippen LogP contribution in [0.3, 0.4) is 0 Å². The molecule has 0 aromatic heterocycles. The van der Waals surface area contributed by atoms with Gasteiger partial charge in [0, 0.05) is 0 Å². The molecule has 2 rings (SSSR count). The lowest BCUT2D eigenvalue weighted by Crippen LogP contribution is -1.74. The van der Waals surface area contributed by atoms with E-state index in [1.165, 1.54) is 31.1 Å². The van der Waals surface area contributed by atoms with Gasteiger partial charge in [0.2, 0.25) is 0 Å². The molecule has 2 saturated carbocycles. The van der Waals surface area contributed by atoms with E-state index in [-0.39, 0.29) is 0 Å². The van der Waals surface area contributed by atoms with Crippen LogP contribution in [0.1, 0.15) is 38.5 Å². The molecular weight excluding hydrogens is 96.1 g/mol. The predicted octanol–water partition coefficient (Wildman–Crippen LogP) is 2.59. The third kappa shape index (κ3) is 0.765. The fourth-order valence-electron chi connectivity index (χ4n) is 2.01. The van der Waals surface area contributed by atoms with E-state index in [0.717, 1.165) is 0 Å². The van der Waals surface area contributed by atoms with Crippen LogP contribution in [0.4, 0.5) is 0 Å². The molecule has 0 N–H and O–H groups in total. The molecule has 46 valence electrons. The Labute approximate surface area is 51.3 Å².